The molecular formula is C14H24N2O3S2. The monoisotopic (exact) mass is 332 g/mol. The second kappa shape index (κ2) is 7.19. The molecule has 1 fully saturated rings. The lowest BCUT2D eigenvalue weighted by molar-refractivity contribution is 0.102. The van der Waals surface area contributed by atoms with Crippen molar-refractivity contribution < 1.29 is 13.2 Å². The van der Waals surface area contributed by atoms with Gasteiger partial charge in [0.25, 0.3) is 10.0 Å². The molecule has 0 saturated carbocycles. The molecule has 1 aromatic heterocycles. The van der Waals surface area contributed by atoms with Gasteiger partial charge in [0, 0.05) is 25.1 Å². The van der Waals surface area contributed by atoms with Crippen LogP contribution in [0.4, 0.5) is 0 Å². The van der Waals surface area contributed by atoms with Gasteiger partial charge < -0.3 is 10.1 Å². The van der Waals surface area contributed by atoms with Crippen LogP contribution in [0.1, 0.15) is 31.6 Å². The summed E-state index contributed by atoms with van der Waals surface area (Å²) in [6.45, 7) is 6.33. The molecule has 7 heteroatoms. The van der Waals surface area contributed by atoms with Gasteiger partial charge in [-0.05, 0) is 38.4 Å². The minimum Gasteiger partial charge on any atom is -0.377 e. The van der Waals surface area contributed by atoms with Crippen molar-refractivity contribution in [2.75, 3.05) is 20.2 Å². The van der Waals surface area contributed by atoms with Gasteiger partial charge in [0.15, 0.2) is 0 Å². The van der Waals surface area contributed by atoms with E-state index >= 15 is 0 Å². The van der Waals surface area contributed by atoms with Crippen LogP contribution in [0.25, 0.3) is 0 Å². The predicted molar refractivity (Wildman–Crippen MR) is 85.1 cm³/mol. The molecule has 2 unspecified atom stereocenters. The fourth-order valence-corrected chi connectivity index (χ4v) is 5.46. The molecule has 0 spiro atoms. The smallest absolute Gasteiger partial charge is 0.252 e. The molecular weight excluding hydrogens is 308 g/mol. The first-order valence-electron chi connectivity index (χ1n) is 7.36. The standard InChI is InChI=1S/C14H24N2O3S2/c1-4-8-15-10-12-5-6-14(20-12)21(17,18)16(3)13-7-9-19-11(13)2/h5-6,11,13,15H,4,7-10H2,1-3H3. The molecule has 1 aliphatic rings. The number of thiophene rings is 1. The summed E-state index contributed by atoms with van der Waals surface area (Å²) < 4.78 is 32.7. The van der Waals surface area contributed by atoms with Gasteiger partial charge in [0.2, 0.25) is 0 Å². The van der Waals surface area contributed by atoms with Crippen molar-refractivity contribution in [1.29, 1.82) is 0 Å². The number of rotatable bonds is 7. The minimum absolute atomic E-state index is 0.0459. The Hall–Kier alpha value is -0.470. The first kappa shape index (κ1) is 16.9. The molecule has 1 aromatic rings. The molecule has 120 valence electrons. The fraction of sp³-hybridized carbons (Fsp3) is 0.714. The molecule has 2 heterocycles. The summed E-state index contributed by atoms with van der Waals surface area (Å²) in [4.78, 5) is 1.05. The summed E-state index contributed by atoms with van der Waals surface area (Å²) >= 11 is 1.35. The molecule has 0 amide bonds. The zero-order valence-corrected chi connectivity index (χ0v) is 14.5. The van der Waals surface area contributed by atoms with E-state index in [2.05, 4.69) is 12.2 Å². The third kappa shape index (κ3) is 3.84. The maximum Gasteiger partial charge on any atom is 0.252 e. The average molecular weight is 332 g/mol. The van der Waals surface area contributed by atoms with E-state index in [0.717, 1.165) is 30.8 Å². The Kier molecular flexibility index (Phi) is 5.79. The predicted octanol–water partition coefficient (Wildman–Crippen LogP) is 2.05. The van der Waals surface area contributed by atoms with Crippen LogP contribution in [0.3, 0.4) is 0 Å². The number of ether oxygens (including phenoxy) is 1. The van der Waals surface area contributed by atoms with E-state index < -0.39 is 10.0 Å². The molecule has 0 aliphatic carbocycles. The second-order valence-corrected chi connectivity index (χ2v) is 8.74. The Morgan fingerprint density at radius 2 is 2.24 bits per heavy atom. The SMILES string of the molecule is CCCNCc1ccc(S(=O)(=O)N(C)C2CCOC2C)s1. The Balaban J connectivity index is 2.08. The summed E-state index contributed by atoms with van der Waals surface area (Å²) in [6, 6.07) is 3.53. The van der Waals surface area contributed by atoms with E-state index in [1.54, 1.807) is 13.1 Å². The third-order valence-corrected chi connectivity index (χ3v) is 7.23. The molecule has 5 nitrogen and oxygen atoms in total. The van der Waals surface area contributed by atoms with Crippen molar-refractivity contribution >= 4 is 21.4 Å². The fourth-order valence-electron chi connectivity index (χ4n) is 2.50. The van der Waals surface area contributed by atoms with Crippen LogP contribution in [-0.2, 0) is 21.3 Å². The van der Waals surface area contributed by atoms with Gasteiger partial charge in [-0.15, -0.1) is 11.3 Å². The topological polar surface area (TPSA) is 58.6 Å². The minimum atomic E-state index is -3.42. The van der Waals surface area contributed by atoms with Gasteiger partial charge in [-0.25, -0.2) is 8.42 Å². The summed E-state index contributed by atoms with van der Waals surface area (Å²) in [5, 5.41) is 3.29. The van der Waals surface area contributed by atoms with E-state index in [0.29, 0.717) is 10.8 Å². The number of nitrogens with zero attached hydrogens (tertiary/aromatic N) is 1. The maximum absolute atomic E-state index is 12.7. The second-order valence-electron chi connectivity index (χ2n) is 5.35. The first-order chi connectivity index (χ1) is 9.96. The van der Waals surface area contributed by atoms with Crippen molar-refractivity contribution in [2.24, 2.45) is 0 Å². The number of sulfonamides is 1. The third-order valence-electron chi connectivity index (χ3n) is 3.80. The lowest BCUT2D eigenvalue weighted by Gasteiger charge is -2.25. The van der Waals surface area contributed by atoms with Gasteiger partial charge in [-0.3, -0.25) is 0 Å². The van der Waals surface area contributed by atoms with Crippen LogP contribution in [0.2, 0.25) is 0 Å². The molecule has 1 saturated heterocycles. The molecule has 2 atom stereocenters. The Morgan fingerprint density at radius 1 is 1.48 bits per heavy atom. The summed E-state index contributed by atoms with van der Waals surface area (Å²) in [7, 11) is -1.77. The molecule has 1 aliphatic heterocycles. The highest BCUT2D eigenvalue weighted by Crippen LogP contribution is 2.28. The van der Waals surface area contributed by atoms with E-state index in [1.807, 2.05) is 13.0 Å². The van der Waals surface area contributed by atoms with Crippen LogP contribution >= 0.6 is 11.3 Å². The Labute approximate surface area is 131 Å². The van der Waals surface area contributed by atoms with Gasteiger partial charge >= 0.3 is 0 Å². The van der Waals surface area contributed by atoms with Gasteiger partial charge in [0.1, 0.15) is 4.21 Å². The van der Waals surface area contributed by atoms with Crippen LogP contribution in [0.15, 0.2) is 16.3 Å². The average Bonchev–Trinajstić information content (AvgIpc) is 3.07. The maximum atomic E-state index is 12.7. The number of hydrogen-bond acceptors (Lipinski definition) is 5. The zero-order valence-electron chi connectivity index (χ0n) is 12.8. The van der Waals surface area contributed by atoms with Gasteiger partial charge in [0.05, 0.1) is 12.1 Å². The van der Waals surface area contributed by atoms with Gasteiger partial charge in [-0.1, -0.05) is 6.92 Å². The molecule has 1 N–H and O–H groups in total. The molecule has 21 heavy (non-hydrogen) atoms. The van der Waals surface area contributed by atoms with Crippen molar-refractivity contribution in [3.05, 3.63) is 17.0 Å². The zero-order chi connectivity index (χ0) is 15.5. The lowest BCUT2D eigenvalue weighted by Crippen LogP contribution is -2.40. The molecule has 0 radical (unpaired) electrons. The number of hydrogen-bond donors (Lipinski definition) is 1. The van der Waals surface area contributed by atoms with Crippen molar-refractivity contribution in [1.82, 2.24) is 9.62 Å². The molecule has 0 aromatic carbocycles. The van der Waals surface area contributed by atoms with E-state index in [-0.39, 0.29) is 12.1 Å². The highest BCUT2D eigenvalue weighted by Gasteiger charge is 2.35. The summed E-state index contributed by atoms with van der Waals surface area (Å²) in [5.41, 5.74) is 0. The van der Waals surface area contributed by atoms with E-state index in [9.17, 15) is 8.42 Å². The van der Waals surface area contributed by atoms with Crippen molar-refractivity contribution in [3.63, 3.8) is 0 Å². The van der Waals surface area contributed by atoms with Crippen LogP contribution in [0.5, 0.6) is 0 Å². The van der Waals surface area contributed by atoms with Crippen LogP contribution < -0.4 is 5.32 Å². The van der Waals surface area contributed by atoms with E-state index in [4.69, 9.17) is 4.74 Å². The molecule has 0 bridgehead atoms. The first-order valence-corrected chi connectivity index (χ1v) is 9.61. The highest BCUT2D eigenvalue weighted by atomic mass is 32.2. The van der Waals surface area contributed by atoms with Crippen LogP contribution in [-0.4, -0.2) is 45.1 Å². The molecule has 2 rings (SSSR count). The lowest BCUT2D eigenvalue weighted by atomic mass is 10.2. The highest BCUT2D eigenvalue weighted by molar-refractivity contribution is 7.91. The van der Waals surface area contributed by atoms with E-state index in [1.165, 1.54) is 15.6 Å². The van der Waals surface area contributed by atoms with Crippen LogP contribution in [0, 0.1) is 0 Å². The quantitative estimate of drug-likeness (QED) is 0.777. The Morgan fingerprint density at radius 3 is 2.86 bits per heavy atom. The van der Waals surface area contributed by atoms with Crippen molar-refractivity contribution in [3.8, 4) is 0 Å². The summed E-state index contributed by atoms with van der Waals surface area (Å²) in [5.74, 6) is 0. The summed E-state index contributed by atoms with van der Waals surface area (Å²) in [6.07, 6.45) is 1.78. The normalized spacial score (nSPS) is 23.0. The number of likely N-dealkylation sites (N-methyl/N-ethyl adjacent to an activating group) is 1. The number of nitrogens with one attached hydrogen (secondary N) is 1. The van der Waals surface area contributed by atoms with Crippen molar-refractivity contribution in [2.45, 2.75) is 49.6 Å². The Bertz CT molecular complexity index is 556. The van der Waals surface area contributed by atoms with Gasteiger partial charge in [-0.2, -0.15) is 4.31 Å². The largest absolute Gasteiger partial charge is 0.377 e.